The quantitative estimate of drug-likeness (QED) is 0.559. The summed E-state index contributed by atoms with van der Waals surface area (Å²) in [4.78, 5) is 11.7. The van der Waals surface area contributed by atoms with Crippen molar-refractivity contribution in [2.24, 2.45) is 5.73 Å². The second kappa shape index (κ2) is 5.08. The molecule has 1 amide bonds. The van der Waals surface area contributed by atoms with Crippen LogP contribution in [0.2, 0.25) is 0 Å². The van der Waals surface area contributed by atoms with E-state index in [1.165, 1.54) is 0 Å². The molecule has 1 saturated heterocycles. The van der Waals surface area contributed by atoms with Crippen LogP contribution in [-0.4, -0.2) is 55.9 Å². The van der Waals surface area contributed by atoms with Gasteiger partial charge in [-0.05, 0) is 6.07 Å². The van der Waals surface area contributed by atoms with E-state index in [0.717, 1.165) is 4.68 Å². The number of fused-ring (bicyclic) bond motifs is 1. The standard InChI is InChI=1S/C13H15N3O5/c14-12(20)9-6-3-1-2-4-7(6)15-16(9)13-11(19)10(18)8(5-17)21-13/h1-4,8,10-11,13,17-19H,5H2,(H2,14,20). The minimum atomic E-state index is -1.32. The van der Waals surface area contributed by atoms with Crippen molar-refractivity contribution in [2.75, 3.05) is 6.61 Å². The van der Waals surface area contributed by atoms with Gasteiger partial charge in [-0.25, -0.2) is 4.68 Å². The van der Waals surface area contributed by atoms with Crippen LogP contribution in [-0.2, 0) is 4.74 Å². The van der Waals surface area contributed by atoms with E-state index in [-0.39, 0.29) is 5.69 Å². The van der Waals surface area contributed by atoms with Crippen LogP contribution in [0.1, 0.15) is 16.7 Å². The molecule has 2 heterocycles. The molecule has 0 saturated carbocycles. The van der Waals surface area contributed by atoms with Crippen LogP contribution in [0.5, 0.6) is 0 Å². The average Bonchev–Trinajstić information content (AvgIpc) is 2.98. The monoisotopic (exact) mass is 293 g/mol. The summed E-state index contributed by atoms with van der Waals surface area (Å²) in [6.45, 7) is -0.457. The molecular weight excluding hydrogens is 278 g/mol. The number of hydrogen-bond donors (Lipinski definition) is 4. The summed E-state index contributed by atoms with van der Waals surface area (Å²) >= 11 is 0. The van der Waals surface area contributed by atoms with Crippen molar-refractivity contribution in [1.82, 2.24) is 9.78 Å². The number of amides is 1. The number of carbonyl (C=O) groups is 1. The smallest absolute Gasteiger partial charge is 0.267 e. The first kappa shape index (κ1) is 14.0. The van der Waals surface area contributed by atoms with Crippen LogP contribution >= 0.6 is 0 Å². The number of ether oxygens (including phenoxy) is 1. The first-order chi connectivity index (χ1) is 10.0. The van der Waals surface area contributed by atoms with Crippen LogP contribution in [0.3, 0.4) is 0 Å². The van der Waals surface area contributed by atoms with Crippen molar-refractivity contribution < 1.29 is 24.9 Å². The van der Waals surface area contributed by atoms with Crippen LogP contribution in [0.15, 0.2) is 24.3 Å². The van der Waals surface area contributed by atoms with Gasteiger partial charge in [-0.3, -0.25) is 4.79 Å². The largest absolute Gasteiger partial charge is 0.394 e. The zero-order valence-corrected chi connectivity index (χ0v) is 11.0. The molecule has 1 aliphatic rings. The molecule has 8 heteroatoms. The first-order valence-corrected chi connectivity index (χ1v) is 6.44. The molecule has 0 bridgehead atoms. The second-order valence-corrected chi connectivity index (χ2v) is 4.90. The van der Waals surface area contributed by atoms with Gasteiger partial charge in [0.05, 0.1) is 12.1 Å². The van der Waals surface area contributed by atoms with Crippen molar-refractivity contribution in [3.63, 3.8) is 0 Å². The Labute approximate surface area is 119 Å². The number of hydrogen-bond acceptors (Lipinski definition) is 6. The van der Waals surface area contributed by atoms with Crippen LogP contribution in [0.4, 0.5) is 0 Å². The van der Waals surface area contributed by atoms with Crippen molar-refractivity contribution in [2.45, 2.75) is 24.5 Å². The predicted octanol–water partition coefficient (Wildman–Crippen LogP) is -1.25. The summed E-state index contributed by atoms with van der Waals surface area (Å²) in [6, 6.07) is 6.86. The van der Waals surface area contributed by atoms with E-state index < -0.39 is 37.1 Å². The first-order valence-electron chi connectivity index (χ1n) is 6.44. The molecular formula is C13H15N3O5. The molecule has 1 fully saturated rings. The number of primary amides is 1. The Balaban J connectivity index is 2.12. The Hall–Kier alpha value is -2.00. The number of nitrogens with two attached hydrogens (primary N) is 1. The van der Waals surface area contributed by atoms with Crippen molar-refractivity contribution in [3.05, 3.63) is 30.0 Å². The maximum atomic E-state index is 11.7. The summed E-state index contributed by atoms with van der Waals surface area (Å²) < 4.78 is 6.55. The highest BCUT2D eigenvalue weighted by molar-refractivity contribution is 6.04. The average molecular weight is 293 g/mol. The van der Waals surface area contributed by atoms with E-state index in [9.17, 15) is 15.0 Å². The van der Waals surface area contributed by atoms with Gasteiger partial charge >= 0.3 is 0 Å². The molecule has 2 aromatic rings. The zero-order chi connectivity index (χ0) is 15.1. The van der Waals surface area contributed by atoms with Gasteiger partial charge in [0.15, 0.2) is 6.23 Å². The Bertz CT molecular complexity index is 685. The summed E-state index contributed by atoms with van der Waals surface area (Å²) in [6.07, 6.45) is -4.63. The lowest BCUT2D eigenvalue weighted by Crippen LogP contribution is -2.34. The van der Waals surface area contributed by atoms with Gasteiger partial charge in [0.25, 0.3) is 5.91 Å². The highest BCUT2D eigenvalue weighted by Crippen LogP contribution is 2.32. The molecule has 3 rings (SSSR count). The van der Waals surface area contributed by atoms with Gasteiger partial charge in [-0.15, -0.1) is 0 Å². The lowest BCUT2D eigenvalue weighted by Gasteiger charge is -2.16. The lowest BCUT2D eigenvalue weighted by molar-refractivity contribution is -0.0590. The third-order valence-corrected chi connectivity index (χ3v) is 3.60. The molecule has 0 spiro atoms. The highest BCUT2D eigenvalue weighted by atomic mass is 16.6. The minimum Gasteiger partial charge on any atom is -0.394 e. The van der Waals surface area contributed by atoms with E-state index in [1.807, 2.05) is 0 Å². The van der Waals surface area contributed by atoms with Crippen molar-refractivity contribution in [3.8, 4) is 0 Å². The van der Waals surface area contributed by atoms with E-state index in [0.29, 0.717) is 10.9 Å². The number of aromatic nitrogens is 2. The maximum Gasteiger partial charge on any atom is 0.267 e. The summed E-state index contributed by atoms with van der Waals surface area (Å²) in [5.41, 5.74) is 5.99. The van der Waals surface area contributed by atoms with Crippen molar-refractivity contribution in [1.29, 1.82) is 0 Å². The summed E-state index contributed by atoms with van der Waals surface area (Å²) in [5.74, 6) is -0.721. The SMILES string of the molecule is NC(=O)c1c2ccccc2nn1C1OC(CO)C(O)C1O. The Morgan fingerprint density at radius 1 is 1.33 bits per heavy atom. The van der Waals surface area contributed by atoms with Crippen LogP contribution in [0.25, 0.3) is 10.9 Å². The fraction of sp³-hybridized carbons (Fsp3) is 0.385. The molecule has 4 unspecified atom stereocenters. The molecule has 1 aliphatic heterocycles. The number of carbonyl (C=O) groups excluding carboxylic acids is 1. The fourth-order valence-corrected chi connectivity index (χ4v) is 2.56. The van der Waals surface area contributed by atoms with E-state index in [1.54, 1.807) is 24.3 Å². The van der Waals surface area contributed by atoms with Crippen LogP contribution < -0.4 is 5.73 Å². The lowest BCUT2D eigenvalue weighted by atomic mass is 10.1. The Kier molecular flexibility index (Phi) is 3.38. The fourth-order valence-electron chi connectivity index (χ4n) is 2.56. The molecule has 1 aromatic heterocycles. The van der Waals surface area contributed by atoms with Gasteiger partial charge in [-0.2, -0.15) is 5.10 Å². The van der Waals surface area contributed by atoms with E-state index >= 15 is 0 Å². The second-order valence-electron chi connectivity index (χ2n) is 4.90. The van der Waals surface area contributed by atoms with Crippen molar-refractivity contribution >= 4 is 16.8 Å². The maximum absolute atomic E-state index is 11.7. The third-order valence-electron chi connectivity index (χ3n) is 3.60. The third kappa shape index (κ3) is 2.09. The normalized spacial score (nSPS) is 29.1. The van der Waals surface area contributed by atoms with E-state index in [2.05, 4.69) is 5.10 Å². The predicted molar refractivity (Wildman–Crippen MR) is 71.3 cm³/mol. The van der Waals surface area contributed by atoms with Gasteiger partial charge < -0.3 is 25.8 Å². The van der Waals surface area contributed by atoms with Gasteiger partial charge in [-0.1, -0.05) is 18.2 Å². The molecule has 112 valence electrons. The molecule has 21 heavy (non-hydrogen) atoms. The Morgan fingerprint density at radius 3 is 2.67 bits per heavy atom. The molecule has 1 aromatic carbocycles. The number of aliphatic hydroxyl groups is 3. The molecule has 8 nitrogen and oxygen atoms in total. The molecule has 0 aliphatic carbocycles. The topological polar surface area (TPSA) is 131 Å². The van der Waals surface area contributed by atoms with Gasteiger partial charge in [0, 0.05) is 5.39 Å². The zero-order valence-electron chi connectivity index (χ0n) is 11.0. The Morgan fingerprint density at radius 2 is 2.05 bits per heavy atom. The minimum absolute atomic E-state index is 0.0837. The number of nitrogens with zero attached hydrogens (tertiary/aromatic N) is 2. The number of rotatable bonds is 3. The van der Waals surface area contributed by atoms with Gasteiger partial charge in [0.1, 0.15) is 24.0 Å². The van der Waals surface area contributed by atoms with Gasteiger partial charge in [0.2, 0.25) is 0 Å². The molecule has 0 radical (unpaired) electrons. The van der Waals surface area contributed by atoms with E-state index in [4.69, 9.17) is 15.6 Å². The summed E-state index contributed by atoms with van der Waals surface area (Å²) in [5, 5.41) is 33.7. The molecule has 5 N–H and O–H groups in total. The number of aliphatic hydroxyl groups excluding tert-OH is 3. The summed E-state index contributed by atoms with van der Waals surface area (Å²) in [7, 11) is 0. The highest BCUT2D eigenvalue weighted by Gasteiger charge is 2.45. The van der Waals surface area contributed by atoms with Crippen LogP contribution in [0, 0.1) is 0 Å². The number of benzene rings is 1. The molecule has 4 atom stereocenters.